The topological polar surface area (TPSA) is 79.6 Å². The molecule has 1 aromatic heterocycles. The number of ether oxygens (including phenoxy) is 1. The summed E-state index contributed by atoms with van der Waals surface area (Å²) in [6.45, 7) is 8.49. The van der Waals surface area contributed by atoms with Crippen molar-refractivity contribution < 1.29 is 14.6 Å². The molecule has 0 saturated carbocycles. The van der Waals surface area contributed by atoms with E-state index in [-0.39, 0.29) is 19.1 Å². The molecular weight excluding hydrogens is 404 g/mol. The Balaban J connectivity index is 1.51. The van der Waals surface area contributed by atoms with E-state index >= 15 is 0 Å². The van der Waals surface area contributed by atoms with Crippen LogP contribution in [0.3, 0.4) is 0 Å². The number of amides is 1. The van der Waals surface area contributed by atoms with Gasteiger partial charge in [0.1, 0.15) is 12.4 Å². The van der Waals surface area contributed by atoms with Crippen molar-refractivity contribution in [3.63, 3.8) is 0 Å². The van der Waals surface area contributed by atoms with Gasteiger partial charge in [-0.25, -0.2) is 0 Å². The molecule has 7 nitrogen and oxygen atoms in total. The Morgan fingerprint density at radius 1 is 1.33 bits per heavy atom. The maximum atomic E-state index is 12.5. The number of carbonyl (C=O) groups is 1. The van der Waals surface area contributed by atoms with Crippen molar-refractivity contribution >= 4 is 23.2 Å². The number of hydrogen-bond acceptors (Lipinski definition) is 5. The molecule has 2 heterocycles. The smallest absolute Gasteiger partial charge is 0.238 e. The first-order valence-electron chi connectivity index (χ1n) is 10.5. The second-order valence-electron chi connectivity index (χ2n) is 8.11. The lowest BCUT2D eigenvalue weighted by molar-refractivity contribution is -0.117. The molecule has 2 N–H and O–H groups in total. The molecule has 2 aromatic rings. The average Bonchev–Trinajstić information content (AvgIpc) is 2.95. The largest absolute Gasteiger partial charge is 0.489 e. The number of halogens is 1. The molecule has 1 aliphatic rings. The Kier molecular flexibility index (Phi) is 7.39. The Morgan fingerprint density at radius 2 is 2.13 bits per heavy atom. The van der Waals surface area contributed by atoms with Crippen LogP contribution in [0.15, 0.2) is 24.4 Å². The lowest BCUT2D eigenvalue weighted by Gasteiger charge is -2.27. The van der Waals surface area contributed by atoms with Crippen molar-refractivity contribution in [2.24, 2.45) is 0 Å². The van der Waals surface area contributed by atoms with Gasteiger partial charge in [0, 0.05) is 19.3 Å². The van der Waals surface area contributed by atoms with E-state index in [1.54, 1.807) is 10.7 Å². The minimum atomic E-state index is -0.933. The first kappa shape index (κ1) is 22.6. The molecule has 1 unspecified atom stereocenters. The van der Waals surface area contributed by atoms with Gasteiger partial charge >= 0.3 is 0 Å². The number of nitrogens with zero attached hydrogens (tertiary/aromatic N) is 3. The van der Waals surface area contributed by atoms with Gasteiger partial charge < -0.3 is 15.2 Å². The van der Waals surface area contributed by atoms with Crippen molar-refractivity contribution in [1.29, 1.82) is 0 Å². The summed E-state index contributed by atoms with van der Waals surface area (Å²) in [4.78, 5) is 14.6. The Bertz CT molecular complexity index is 885. The third-order valence-electron chi connectivity index (χ3n) is 5.50. The lowest BCUT2D eigenvalue weighted by atomic mass is 9.96. The summed E-state index contributed by atoms with van der Waals surface area (Å²) in [7, 11) is 0. The highest BCUT2D eigenvalue weighted by Gasteiger charge is 2.32. The van der Waals surface area contributed by atoms with Crippen LogP contribution < -0.4 is 10.1 Å². The van der Waals surface area contributed by atoms with Crippen LogP contribution in [0, 0.1) is 13.8 Å². The fourth-order valence-corrected chi connectivity index (χ4v) is 3.84. The zero-order valence-electron chi connectivity index (χ0n) is 17.9. The maximum absolute atomic E-state index is 12.5. The molecule has 0 radical (unpaired) electrons. The van der Waals surface area contributed by atoms with E-state index in [4.69, 9.17) is 16.3 Å². The molecule has 164 valence electrons. The number of anilines is 1. The number of nitrogens with one attached hydrogen (secondary N) is 1. The summed E-state index contributed by atoms with van der Waals surface area (Å²) >= 11 is 6.20. The minimum absolute atomic E-state index is 0.0676. The molecule has 1 fully saturated rings. The molecule has 3 rings (SSSR count). The lowest BCUT2D eigenvalue weighted by Crippen LogP contribution is -2.38. The van der Waals surface area contributed by atoms with Crippen LogP contribution in [0.4, 0.5) is 5.69 Å². The highest BCUT2D eigenvalue weighted by atomic mass is 35.5. The minimum Gasteiger partial charge on any atom is -0.489 e. The first-order chi connectivity index (χ1) is 14.3. The van der Waals surface area contributed by atoms with Crippen LogP contribution in [0.2, 0.25) is 5.02 Å². The van der Waals surface area contributed by atoms with Crippen LogP contribution in [-0.4, -0.2) is 57.5 Å². The molecule has 30 heavy (non-hydrogen) atoms. The number of carbonyl (C=O) groups excluding carboxylic acids is 1. The number of rotatable bonds is 7. The third kappa shape index (κ3) is 5.97. The van der Waals surface area contributed by atoms with Crippen molar-refractivity contribution in [2.75, 3.05) is 31.6 Å². The van der Waals surface area contributed by atoms with Gasteiger partial charge in [-0.3, -0.25) is 14.4 Å². The molecule has 1 saturated heterocycles. The van der Waals surface area contributed by atoms with Crippen molar-refractivity contribution in [3.8, 4) is 5.75 Å². The number of aryl methyl sites for hydroxylation is 3. The van der Waals surface area contributed by atoms with Gasteiger partial charge in [0.25, 0.3) is 0 Å². The van der Waals surface area contributed by atoms with Gasteiger partial charge in [0.05, 0.1) is 28.5 Å². The van der Waals surface area contributed by atoms with E-state index in [0.29, 0.717) is 30.2 Å². The van der Waals surface area contributed by atoms with E-state index in [1.807, 2.05) is 39.1 Å². The normalized spacial score (nSPS) is 20.0. The third-order valence-corrected chi connectivity index (χ3v) is 5.82. The predicted molar refractivity (Wildman–Crippen MR) is 118 cm³/mol. The van der Waals surface area contributed by atoms with Crippen LogP contribution >= 0.6 is 11.6 Å². The predicted octanol–water partition coefficient (Wildman–Crippen LogP) is 3.41. The Labute approximate surface area is 183 Å². The van der Waals surface area contributed by atoms with Crippen LogP contribution in [-0.2, 0) is 11.3 Å². The molecule has 1 amide bonds. The summed E-state index contributed by atoms with van der Waals surface area (Å²) in [5, 5.41) is 18.9. The van der Waals surface area contributed by atoms with Crippen molar-refractivity contribution in [2.45, 2.75) is 52.2 Å². The van der Waals surface area contributed by atoms with E-state index in [1.165, 1.54) is 0 Å². The fraction of sp³-hybridized carbons (Fsp3) is 0.545. The second kappa shape index (κ2) is 9.81. The summed E-state index contributed by atoms with van der Waals surface area (Å²) in [6.07, 6.45) is 3.80. The molecule has 0 bridgehead atoms. The van der Waals surface area contributed by atoms with Gasteiger partial charge in [-0.1, -0.05) is 17.7 Å². The second-order valence-corrected chi connectivity index (χ2v) is 8.52. The zero-order chi connectivity index (χ0) is 21.7. The van der Waals surface area contributed by atoms with E-state index in [2.05, 4.69) is 15.3 Å². The highest BCUT2D eigenvalue weighted by molar-refractivity contribution is 6.32. The number of aromatic nitrogens is 2. The highest BCUT2D eigenvalue weighted by Crippen LogP contribution is 2.29. The number of likely N-dealkylation sites (tertiary alicyclic amines) is 1. The summed E-state index contributed by atoms with van der Waals surface area (Å²) in [5.41, 5.74) is 1.68. The maximum Gasteiger partial charge on any atom is 0.238 e. The van der Waals surface area contributed by atoms with Gasteiger partial charge in [0.2, 0.25) is 5.91 Å². The van der Waals surface area contributed by atoms with E-state index in [0.717, 1.165) is 36.5 Å². The fourth-order valence-electron chi connectivity index (χ4n) is 3.67. The van der Waals surface area contributed by atoms with Crippen LogP contribution in [0.1, 0.15) is 37.4 Å². The quantitative estimate of drug-likeness (QED) is 0.698. The Hall–Kier alpha value is -2.09. The number of benzene rings is 1. The molecule has 1 atom stereocenters. The standard InChI is InChI=1S/C22H31ClN4O3/c1-4-27-13-19(17(3)25-27)24-21(28)14-26-10-5-8-22(29,9-11-26)15-30-20-12-16(2)6-7-18(20)23/h6-7,12-13,29H,4-5,8-11,14-15H2,1-3H3,(H,24,28). The zero-order valence-corrected chi connectivity index (χ0v) is 18.7. The molecule has 8 heteroatoms. The van der Waals surface area contributed by atoms with Gasteiger partial charge in [-0.2, -0.15) is 5.10 Å². The molecule has 0 spiro atoms. The van der Waals surface area contributed by atoms with Gasteiger partial charge in [-0.15, -0.1) is 0 Å². The summed E-state index contributed by atoms with van der Waals surface area (Å²) < 4.78 is 7.65. The monoisotopic (exact) mass is 434 g/mol. The molecule has 0 aliphatic carbocycles. The van der Waals surface area contributed by atoms with Crippen LogP contribution in [0.5, 0.6) is 5.75 Å². The van der Waals surface area contributed by atoms with Gasteiger partial charge in [0.15, 0.2) is 0 Å². The number of hydrogen-bond donors (Lipinski definition) is 2. The summed E-state index contributed by atoms with van der Waals surface area (Å²) in [6, 6.07) is 5.60. The van der Waals surface area contributed by atoms with E-state index in [9.17, 15) is 9.90 Å². The van der Waals surface area contributed by atoms with Gasteiger partial charge in [-0.05, 0) is 64.3 Å². The van der Waals surface area contributed by atoms with Crippen molar-refractivity contribution in [3.05, 3.63) is 40.7 Å². The molecule has 1 aliphatic heterocycles. The van der Waals surface area contributed by atoms with Crippen LogP contribution in [0.25, 0.3) is 0 Å². The van der Waals surface area contributed by atoms with Crippen molar-refractivity contribution in [1.82, 2.24) is 14.7 Å². The number of aliphatic hydroxyl groups is 1. The Morgan fingerprint density at radius 3 is 2.87 bits per heavy atom. The SMILES string of the molecule is CCn1cc(NC(=O)CN2CCCC(O)(COc3cc(C)ccc3Cl)CC2)c(C)n1. The molecule has 1 aromatic carbocycles. The first-order valence-corrected chi connectivity index (χ1v) is 10.8. The summed E-state index contributed by atoms with van der Waals surface area (Å²) in [5.74, 6) is 0.524. The molecular formula is C22H31ClN4O3. The van der Waals surface area contributed by atoms with E-state index < -0.39 is 5.60 Å². The average molecular weight is 435 g/mol.